The van der Waals surface area contributed by atoms with Crippen LogP contribution >= 0.6 is 0 Å². The number of rotatable bonds is 2. The van der Waals surface area contributed by atoms with Gasteiger partial charge in [0.25, 0.3) is 0 Å². The number of hydrogen-bond donors (Lipinski definition) is 1. The Morgan fingerprint density at radius 2 is 2.15 bits per heavy atom. The van der Waals surface area contributed by atoms with Crippen molar-refractivity contribution in [3.63, 3.8) is 0 Å². The molecule has 1 aromatic carbocycles. The molecule has 0 aliphatic heterocycles. The van der Waals surface area contributed by atoms with E-state index in [9.17, 15) is 4.39 Å². The van der Waals surface area contributed by atoms with Crippen LogP contribution in [0, 0.1) is 0 Å². The van der Waals surface area contributed by atoms with Crippen molar-refractivity contribution in [3.05, 3.63) is 30.1 Å². The van der Waals surface area contributed by atoms with Crippen molar-refractivity contribution in [2.45, 2.75) is 13.4 Å². The lowest BCUT2D eigenvalue weighted by Gasteiger charge is -2.00. The molecule has 2 rings (SSSR count). The Labute approximate surface area is 74.4 Å². The summed E-state index contributed by atoms with van der Waals surface area (Å²) in [5, 5.41) is 8.99. The highest BCUT2D eigenvalue weighted by atomic mass is 19.1. The molecule has 13 heavy (non-hydrogen) atoms. The maximum atomic E-state index is 12.4. The number of aromatic nitrogens is 2. The van der Waals surface area contributed by atoms with Gasteiger partial charge in [-0.05, 0) is 12.1 Å². The molecule has 0 saturated heterocycles. The Hall–Kier alpha value is -1.42. The minimum Gasteiger partial charge on any atom is -0.376 e. The van der Waals surface area contributed by atoms with Crippen molar-refractivity contribution in [1.82, 2.24) is 9.55 Å². The lowest BCUT2D eigenvalue weighted by Crippen LogP contribution is -2.01. The highest BCUT2D eigenvalue weighted by Gasteiger charge is 2.07. The number of fused-ring (bicyclic) bond motifs is 1. The molecule has 0 atom stereocenters. The first-order valence-corrected chi connectivity index (χ1v) is 3.98. The van der Waals surface area contributed by atoms with E-state index in [0.717, 1.165) is 5.52 Å². The van der Waals surface area contributed by atoms with E-state index in [1.54, 1.807) is 12.1 Å². The van der Waals surface area contributed by atoms with Gasteiger partial charge in [0.1, 0.15) is 19.2 Å². The van der Waals surface area contributed by atoms with E-state index >= 15 is 0 Å². The van der Waals surface area contributed by atoms with Crippen molar-refractivity contribution in [3.8, 4) is 0 Å². The Morgan fingerprint density at radius 1 is 1.38 bits per heavy atom. The molecule has 3 nitrogen and oxygen atoms in total. The molecule has 0 saturated carbocycles. The molecule has 0 bridgehead atoms. The van der Waals surface area contributed by atoms with Crippen LogP contribution < -0.4 is 0 Å². The third-order valence-electron chi connectivity index (χ3n) is 1.99. The third kappa shape index (κ3) is 1.19. The van der Waals surface area contributed by atoms with Crippen molar-refractivity contribution >= 4 is 11.0 Å². The zero-order valence-corrected chi connectivity index (χ0v) is 6.94. The number of hydrogen-bond acceptors (Lipinski definition) is 2. The van der Waals surface area contributed by atoms with Crippen molar-refractivity contribution < 1.29 is 9.50 Å². The smallest absolute Gasteiger partial charge is 0.147 e. The number of benzene rings is 1. The Bertz CT molecular complexity index is 424. The summed E-state index contributed by atoms with van der Waals surface area (Å²) >= 11 is 0. The summed E-state index contributed by atoms with van der Waals surface area (Å²) in [5.74, 6) is 0.267. The molecule has 0 aliphatic rings. The quantitative estimate of drug-likeness (QED) is 0.759. The molecule has 0 aliphatic carbocycles. The lowest BCUT2D eigenvalue weighted by molar-refractivity contribution is 0.207. The number of aliphatic hydroxyl groups is 1. The molecule has 68 valence electrons. The predicted molar refractivity (Wildman–Crippen MR) is 46.8 cm³/mol. The van der Waals surface area contributed by atoms with E-state index in [1.807, 2.05) is 12.1 Å². The van der Waals surface area contributed by atoms with Gasteiger partial charge in [-0.25, -0.2) is 9.37 Å². The molecule has 0 fully saturated rings. The Kier molecular flexibility index (Phi) is 1.98. The van der Waals surface area contributed by atoms with E-state index in [1.165, 1.54) is 4.57 Å². The van der Waals surface area contributed by atoms with Crippen LogP contribution in [0.4, 0.5) is 4.39 Å². The van der Waals surface area contributed by atoms with Gasteiger partial charge in [-0.2, -0.15) is 0 Å². The van der Waals surface area contributed by atoms with E-state index < -0.39 is 6.67 Å². The van der Waals surface area contributed by atoms with Gasteiger partial charge in [-0.15, -0.1) is 0 Å². The van der Waals surface area contributed by atoms with Gasteiger partial charge in [0.2, 0.25) is 0 Å². The summed E-state index contributed by atoms with van der Waals surface area (Å²) in [6, 6.07) is 7.26. The van der Waals surface area contributed by atoms with Gasteiger partial charge >= 0.3 is 0 Å². The second-order valence-corrected chi connectivity index (χ2v) is 2.72. The van der Waals surface area contributed by atoms with Gasteiger partial charge in [-0.1, -0.05) is 12.1 Å². The van der Waals surface area contributed by atoms with Crippen molar-refractivity contribution in [1.29, 1.82) is 0 Å². The average molecular weight is 180 g/mol. The molecule has 0 radical (unpaired) electrons. The van der Waals surface area contributed by atoms with Crippen LogP contribution in [0.5, 0.6) is 0 Å². The van der Waals surface area contributed by atoms with Crippen LogP contribution in [-0.2, 0) is 13.4 Å². The maximum Gasteiger partial charge on any atom is 0.147 e. The molecular weight excluding hydrogens is 171 g/mol. The fraction of sp³-hybridized carbons (Fsp3) is 0.222. The average Bonchev–Trinajstić information content (AvgIpc) is 2.55. The number of halogens is 1. The minimum absolute atomic E-state index is 0.236. The third-order valence-corrected chi connectivity index (χ3v) is 1.99. The van der Waals surface area contributed by atoms with Gasteiger partial charge < -0.3 is 9.67 Å². The zero-order chi connectivity index (χ0) is 9.26. The summed E-state index contributed by atoms with van der Waals surface area (Å²) in [7, 11) is 0. The summed E-state index contributed by atoms with van der Waals surface area (Å²) < 4.78 is 13.9. The lowest BCUT2D eigenvalue weighted by atomic mass is 10.3. The van der Waals surface area contributed by atoms with E-state index in [4.69, 9.17) is 5.11 Å². The fourth-order valence-electron chi connectivity index (χ4n) is 1.39. The van der Waals surface area contributed by atoms with E-state index in [0.29, 0.717) is 5.52 Å². The molecule has 4 heteroatoms. The number of aliphatic hydroxyl groups excluding tert-OH is 1. The molecule has 0 spiro atoms. The van der Waals surface area contributed by atoms with Gasteiger partial charge in [0.15, 0.2) is 0 Å². The monoisotopic (exact) mass is 180 g/mol. The highest BCUT2D eigenvalue weighted by molar-refractivity contribution is 5.75. The molecular formula is C9H9FN2O. The second kappa shape index (κ2) is 3.14. The Morgan fingerprint density at radius 3 is 2.85 bits per heavy atom. The molecule has 1 heterocycles. The van der Waals surface area contributed by atoms with Gasteiger partial charge in [-0.3, -0.25) is 0 Å². The number of nitrogens with zero attached hydrogens (tertiary/aromatic N) is 2. The molecule has 0 amide bonds. The standard InChI is InChI=1S/C9H9FN2O/c10-5-9-11-7-3-1-2-4-8(7)12(9)6-13/h1-4,13H,5-6H2. The van der Waals surface area contributed by atoms with Crippen LogP contribution in [0.25, 0.3) is 11.0 Å². The molecule has 1 aromatic heterocycles. The predicted octanol–water partition coefficient (Wildman–Crippen LogP) is 1.46. The fourth-order valence-corrected chi connectivity index (χ4v) is 1.39. The van der Waals surface area contributed by atoms with Crippen molar-refractivity contribution in [2.75, 3.05) is 0 Å². The minimum atomic E-state index is -0.657. The second-order valence-electron chi connectivity index (χ2n) is 2.72. The molecule has 2 aromatic rings. The molecule has 0 unspecified atom stereocenters. The number of alkyl halides is 1. The first-order chi connectivity index (χ1) is 6.36. The summed E-state index contributed by atoms with van der Waals surface area (Å²) in [6.07, 6.45) is 0. The van der Waals surface area contributed by atoms with E-state index in [2.05, 4.69) is 4.98 Å². The van der Waals surface area contributed by atoms with E-state index in [-0.39, 0.29) is 12.6 Å². The summed E-state index contributed by atoms with van der Waals surface area (Å²) in [5.41, 5.74) is 1.47. The maximum absolute atomic E-state index is 12.4. The Balaban J connectivity index is 2.73. The van der Waals surface area contributed by atoms with Gasteiger partial charge in [0.05, 0.1) is 11.0 Å². The van der Waals surface area contributed by atoms with Crippen molar-refractivity contribution in [2.24, 2.45) is 0 Å². The largest absolute Gasteiger partial charge is 0.376 e. The first kappa shape index (κ1) is 8.19. The van der Waals surface area contributed by atoms with Crippen LogP contribution in [0.2, 0.25) is 0 Å². The summed E-state index contributed by atoms with van der Waals surface area (Å²) in [4.78, 5) is 4.03. The number of para-hydroxylation sites is 2. The normalized spacial score (nSPS) is 10.9. The topological polar surface area (TPSA) is 38.0 Å². The van der Waals surface area contributed by atoms with Crippen LogP contribution in [0.3, 0.4) is 0 Å². The van der Waals surface area contributed by atoms with Crippen LogP contribution in [0.1, 0.15) is 5.82 Å². The summed E-state index contributed by atoms with van der Waals surface area (Å²) in [6.45, 7) is -0.894. The zero-order valence-electron chi connectivity index (χ0n) is 6.94. The first-order valence-electron chi connectivity index (χ1n) is 3.98. The van der Waals surface area contributed by atoms with Crippen LogP contribution in [-0.4, -0.2) is 14.7 Å². The highest BCUT2D eigenvalue weighted by Crippen LogP contribution is 2.15. The number of imidazole rings is 1. The molecule has 1 N–H and O–H groups in total. The van der Waals surface area contributed by atoms with Crippen LogP contribution in [0.15, 0.2) is 24.3 Å². The SMILES string of the molecule is OCn1c(CF)nc2ccccc21. The van der Waals surface area contributed by atoms with Gasteiger partial charge in [0, 0.05) is 0 Å².